The quantitative estimate of drug-likeness (QED) is 0.163. The molecule has 23 heavy (non-hydrogen) atoms. The summed E-state index contributed by atoms with van der Waals surface area (Å²) in [6, 6.07) is 4.95. The lowest BCUT2D eigenvalue weighted by Crippen LogP contribution is -2.11. The molecule has 0 aliphatic rings. The molecule has 0 aliphatic heterocycles. The van der Waals surface area contributed by atoms with Gasteiger partial charge in [0.05, 0.1) is 0 Å². The van der Waals surface area contributed by atoms with Crippen molar-refractivity contribution in [3.8, 4) is 0 Å². The second-order valence-corrected chi connectivity index (χ2v) is 11.3. The third-order valence-corrected chi connectivity index (χ3v) is 9.07. The minimum atomic E-state index is -0.381. The minimum Gasteiger partial charge on any atom is -0.0654 e. The van der Waals surface area contributed by atoms with Crippen LogP contribution in [0.1, 0.15) is 124 Å². The van der Waals surface area contributed by atoms with Crippen molar-refractivity contribution in [3.05, 3.63) is 0 Å². The molecule has 0 rings (SSSR count). The van der Waals surface area contributed by atoms with E-state index in [9.17, 15) is 0 Å². The molecule has 0 atom stereocenters. The summed E-state index contributed by atoms with van der Waals surface area (Å²) in [5.41, 5.74) is 0. The first kappa shape index (κ1) is 23.2. The average Bonchev–Trinajstić information content (AvgIpc) is 2.57. The summed E-state index contributed by atoms with van der Waals surface area (Å²) in [5, 5.41) is 0. The Balaban J connectivity index is 3.56. The molecule has 0 unspecified atom stereocenters. The molecule has 0 aromatic rings. The molecule has 0 saturated carbocycles. The van der Waals surface area contributed by atoms with Gasteiger partial charge >= 0.3 is 0 Å². The van der Waals surface area contributed by atoms with Crippen LogP contribution in [0.3, 0.4) is 0 Å². The lowest BCUT2D eigenvalue weighted by molar-refractivity contribution is 0.595. The molecule has 0 aromatic heterocycles. The standard InChI is InChI=1S/C22H48Si/c1-4-7-10-12-14-16-18-21-23(20-9-6-3)22-19-17-15-13-11-8-5-2/h23H,4-22H2,1-3H3. The van der Waals surface area contributed by atoms with Gasteiger partial charge in [0.2, 0.25) is 0 Å². The summed E-state index contributed by atoms with van der Waals surface area (Å²) in [5.74, 6) is 0. The molecular weight excluding hydrogens is 292 g/mol. The van der Waals surface area contributed by atoms with E-state index in [1.807, 2.05) is 0 Å². The fourth-order valence-electron chi connectivity index (χ4n) is 3.71. The molecule has 0 aromatic carbocycles. The lowest BCUT2D eigenvalue weighted by Gasteiger charge is -2.15. The first-order valence-electron chi connectivity index (χ1n) is 11.3. The van der Waals surface area contributed by atoms with Crippen molar-refractivity contribution in [1.29, 1.82) is 0 Å². The third kappa shape index (κ3) is 18.4. The van der Waals surface area contributed by atoms with Crippen molar-refractivity contribution in [2.45, 2.75) is 142 Å². The Labute approximate surface area is 150 Å². The monoisotopic (exact) mass is 340 g/mol. The molecule has 1 heteroatoms. The van der Waals surface area contributed by atoms with Crippen LogP contribution in [0.5, 0.6) is 0 Å². The molecule has 0 fully saturated rings. The Hall–Kier alpha value is 0.217. The molecule has 0 amide bonds. The van der Waals surface area contributed by atoms with Gasteiger partial charge in [-0.2, -0.15) is 0 Å². The highest BCUT2D eigenvalue weighted by molar-refractivity contribution is 6.58. The smallest absolute Gasteiger partial charge is 0.0367 e. The first-order chi connectivity index (χ1) is 11.3. The van der Waals surface area contributed by atoms with Gasteiger partial charge in [0.15, 0.2) is 0 Å². The van der Waals surface area contributed by atoms with Gasteiger partial charge in [-0.1, -0.05) is 142 Å². The van der Waals surface area contributed by atoms with E-state index in [0.29, 0.717) is 0 Å². The minimum absolute atomic E-state index is 0.381. The molecule has 0 N–H and O–H groups in total. The Morgan fingerprint density at radius 3 is 1.04 bits per heavy atom. The Kier molecular flexibility index (Phi) is 20.5. The van der Waals surface area contributed by atoms with Crippen molar-refractivity contribution in [3.63, 3.8) is 0 Å². The van der Waals surface area contributed by atoms with Crippen LogP contribution in [0.4, 0.5) is 0 Å². The molecular formula is C22H48Si. The fraction of sp³-hybridized carbons (Fsp3) is 1.00. The average molecular weight is 341 g/mol. The summed E-state index contributed by atoms with van der Waals surface area (Å²) >= 11 is 0. The topological polar surface area (TPSA) is 0 Å². The fourth-order valence-corrected chi connectivity index (χ4v) is 7.29. The summed E-state index contributed by atoms with van der Waals surface area (Å²) in [7, 11) is -0.381. The van der Waals surface area contributed by atoms with Crippen LogP contribution in [-0.4, -0.2) is 8.80 Å². The van der Waals surface area contributed by atoms with Gasteiger partial charge in [0.25, 0.3) is 0 Å². The van der Waals surface area contributed by atoms with Crippen LogP contribution >= 0.6 is 0 Å². The van der Waals surface area contributed by atoms with Crippen LogP contribution in [0, 0.1) is 0 Å². The predicted octanol–water partition coefficient (Wildman–Crippen LogP) is 8.51. The van der Waals surface area contributed by atoms with Gasteiger partial charge in [-0.25, -0.2) is 0 Å². The molecule has 0 nitrogen and oxygen atoms in total. The SMILES string of the molecule is CCCCCCCCC[SiH](CCCC)CCCCCCCCC. The third-order valence-electron chi connectivity index (χ3n) is 5.40. The van der Waals surface area contributed by atoms with Crippen molar-refractivity contribution >= 4 is 8.80 Å². The van der Waals surface area contributed by atoms with E-state index < -0.39 is 0 Å². The maximum absolute atomic E-state index is 2.37. The van der Waals surface area contributed by atoms with Crippen LogP contribution in [0.2, 0.25) is 18.1 Å². The molecule has 0 heterocycles. The van der Waals surface area contributed by atoms with Crippen LogP contribution in [0.15, 0.2) is 0 Å². The molecule has 0 aliphatic carbocycles. The predicted molar refractivity (Wildman–Crippen MR) is 112 cm³/mol. The van der Waals surface area contributed by atoms with Crippen molar-refractivity contribution < 1.29 is 0 Å². The maximum atomic E-state index is 2.37. The number of hydrogen-bond acceptors (Lipinski definition) is 0. The van der Waals surface area contributed by atoms with Gasteiger partial charge in [-0.15, -0.1) is 0 Å². The highest BCUT2D eigenvalue weighted by Crippen LogP contribution is 2.19. The Morgan fingerprint density at radius 1 is 0.348 bits per heavy atom. The summed E-state index contributed by atoms with van der Waals surface area (Å²) < 4.78 is 0. The van der Waals surface area contributed by atoms with Gasteiger partial charge in [0, 0.05) is 8.80 Å². The molecule has 0 spiro atoms. The lowest BCUT2D eigenvalue weighted by atomic mass is 10.1. The van der Waals surface area contributed by atoms with Crippen LogP contribution in [0.25, 0.3) is 0 Å². The first-order valence-corrected chi connectivity index (χ1v) is 13.8. The molecule has 0 saturated heterocycles. The molecule has 0 bridgehead atoms. The highest BCUT2D eigenvalue weighted by Gasteiger charge is 2.09. The maximum Gasteiger partial charge on any atom is 0.0367 e. The van der Waals surface area contributed by atoms with Crippen molar-refractivity contribution in [2.24, 2.45) is 0 Å². The molecule has 140 valence electrons. The van der Waals surface area contributed by atoms with Gasteiger partial charge in [0.1, 0.15) is 0 Å². The zero-order chi connectivity index (χ0) is 17.0. The zero-order valence-electron chi connectivity index (χ0n) is 17.0. The number of rotatable bonds is 19. The Bertz CT molecular complexity index is 184. The molecule has 0 radical (unpaired) electrons. The highest BCUT2D eigenvalue weighted by atomic mass is 28.3. The normalized spacial score (nSPS) is 11.5. The van der Waals surface area contributed by atoms with E-state index in [1.54, 1.807) is 31.0 Å². The van der Waals surface area contributed by atoms with E-state index in [0.717, 1.165) is 0 Å². The van der Waals surface area contributed by atoms with Crippen molar-refractivity contribution in [1.82, 2.24) is 0 Å². The van der Waals surface area contributed by atoms with E-state index >= 15 is 0 Å². The second kappa shape index (κ2) is 20.3. The van der Waals surface area contributed by atoms with Gasteiger partial charge in [-0.05, 0) is 0 Å². The summed E-state index contributed by atoms with van der Waals surface area (Å²) in [4.78, 5) is 0. The Morgan fingerprint density at radius 2 is 0.652 bits per heavy atom. The summed E-state index contributed by atoms with van der Waals surface area (Å²) in [6.07, 6.45) is 23.7. The largest absolute Gasteiger partial charge is 0.0654 e. The van der Waals surface area contributed by atoms with Crippen LogP contribution < -0.4 is 0 Å². The zero-order valence-corrected chi connectivity index (χ0v) is 18.2. The van der Waals surface area contributed by atoms with E-state index in [4.69, 9.17) is 0 Å². The van der Waals surface area contributed by atoms with E-state index in [-0.39, 0.29) is 8.80 Å². The second-order valence-electron chi connectivity index (χ2n) is 7.83. The number of unbranched alkanes of at least 4 members (excludes halogenated alkanes) is 13. The number of hydrogen-bond donors (Lipinski definition) is 0. The van der Waals surface area contributed by atoms with Crippen molar-refractivity contribution in [2.75, 3.05) is 0 Å². The van der Waals surface area contributed by atoms with E-state index in [1.165, 1.54) is 89.9 Å². The van der Waals surface area contributed by atoms with Gasteiger partial charge < -0.3 is 0 Å². The van der Waals surface area contributed by atoms with Gasteiger partial charge in [-0.3, -0.25) is 0 Å². The van der Waals surface area contributed by atoms with Crippen LogP contribution in [-0.2, 0) is 0 Å². The van der Waals surface area contributed by atoms with E-state index in [2.05, 4.69) is 20.8 Å². The summed E-state index contributed by atoms with van der Waals surface area (Å²) in [6.45, 7) is 6.99.